The van der Waals surface area contributed by atoms with E-state index in [9.17, 15) is 5.11 Å². The van der Waals surface area contributed by atoms with E-state index in [1.165, 1.54) is 35.7 Å². The van der Waals surface area contributed by atoms with E-state index in [0.29, 0.717) is 16.9 Å². The van der Waals surface area contributed by atoms with Gasteiger partial charge in [-0.2, -0.15) is 0 Å². The van der Waals surface area contributed by atoms with Gasteiger partial charge in [0.2, 0.25) is 0 Å². The fourth-order valence-electron chi connectivity index (χ4n) is 5.05. The molecule has 32 heavy (non-hydrogen) atoms. The number of hydrogen-bond donors (Lipinski definition) is 2. The normalized spacial score (nSPS) is 17.0. The minimum atomic E-state index is -0.124. The number of aliphatic hydroxyl groups excluding tert-OH is 1. The molecule has 3 aromatic rings. The Labute approximate surface area is 193 Å². The van der Waals surface area contributed by atoms with Crippen LogP contribution in [0.15, 0.2) is 46.5 Å². The van der Waals surface area contributed by atoms with Crippen LogP contribution in [0.25, 0.3) is 0 Å². The molecule has 1 spiro atoms. The van der Waals surface area contributed by atoms with Crippen molar-refractivity contribution in [1.82, 2.24) is 15.0 Å². The van der Waals surface area contributed by atoms with Crippen molar-refractivity contribution in [2.45, 2.75) is 56.1 Å². The third kappa shape index (κ3) is 3.84. The molecule has 166 valence electrons. The number of pyridine rings is 1. The molecule has 1 aromatic carbocycles. The van der Waals surface area contributed by atoms with E-state index in [2.05, 4.69) is 34.1 Å². The van der Waals surface area contributed by atoms with Crippen LogP contribution in [0.5, 0.6) is 0 Å². The summed E-state index contributed by atoms with van der Waals surface area (Å²) in [6, 6.07) is 10.8. The maximum Gasteiger partial charge on any atom is 0.153 e. The predicted octanol–water partition coefficient (Wildman–Crippen LogP) is 4.10. The number of nitrogens with zero attached hydrogens (tertiary/aromatic N) is 4. The Bertz CT molecular complexity index is 1130. The molecule has 0 unspecified atom stereocenters. The predicted molar refractivity (Wildman–Crippen MR) is 128 cm³/mol. The van der Waals surface area contributed by atoms with Crippen LogP contribution in [0.3, 0.4) is 0 Å². The first-order valence-corrected chi connectivity index (χ1v) is 12.0. The Morgan fingerprint density at radius 3 is 2.41 bits per heavy atom. The summed E-state index contributed by atoms with van der Waals surface area (Å²) in [6.45, 7) is 5.71. The van der Waals surface area contributed by atoms with Crippen LogP contribution in [0.2, 0.25) is 0 Å². The van der Waals surface area contributed by atoms with Gasteiger partial charge in [0, 0.05) is 29.7 Å². The third-order valence-corrected chi connectivity index (χ3v) is 8.24. The number of aryl methyl sites for hydroxylation is 1. The molecular formula is C25H29N5OS. The van der Waals surface area contributed by atoms with Gasteiger partial charge in [-0.05, 0) is 62.1 Å². The van der Waals surface area contributed by atoms with E-state index in [0.717, 1.165) is 52.9 Å². The molecule has 0 radical (unpaired) electrons. The molecule has 5 rings (SSSR count). The average molecular weight is 448 g/mol. The molecule has 1 aliphatic carbocycles. The molecule has 0 atom stereocenters. The van der Waals surface area contributed by atoms with E-state index in [-0.39, 0.29) is 6.61 Å². The quantitative estimate of drug-likeness (QED) is 0.622. The summed E-state index contributed by atoms with van der Waals surface area (Å²) in [5, 5.41) is 10.9. The first-order chi connectivity index (χ1) is 15.5. The molecule has 0 amide bonds. The van der Waals surface area contributed by atoms with Crippen LogP contribution in [-0.2, 0) is 19.4 Å². The van der Waals surface area contributed by atoms with E-state index in [1.54, 1.807) is 6.20 Å². The van der Waals surface area contributed by atoms with Gasteiger partial charge in [0.25, 0.3) is 0 Å². The molecule has 3 heterocycles. The number of piperidine rings is 1. The summed E-state index contributed by atoms with van der Waals surface area (Å²) in [6.07, 6.45) is 6.34. The fourth-order valence-corrected chi connectivity index (χ4v) is 5.99. The summed E-state index contributed by atoms with van der Waals surface area (Å²) in [5.41, 5.74) is 11.8. The van der Waals surface area contributed by atoms with Crippen LogP contribution in [0.1, 0.15) is 40.9 Å². The number of hydrogen-bond acceptors (Lipinski definition) is 7. The molecule has 1 saturated heterocycles. The largest absolute Gasteiger partial charge is 0.390 e. The van der Waals surface area contributed by atoms with E-state index < -0.39 is 0 Å². The first kappa shape index (κ1) is 21.2. The van der Waals surface area contributed by atoms with Crippen molar-refractivity contribution in [3.63, 3.8) is 0 Å². The zero-order chi connectivity index (χ0) is 22.3. The minimum absolute atomic E-state index is 0.124. The second-order valence-corrected chi connectivity index (χ2v) is 10.1. The summed E-state index contributed by atoms with van der Waals surface area (Å²) >= 11 is 1.52. The van der Waals surface area contributed by atoms with Crippen LogP contribution in [-0.4, -0.2) is 33.1 Å². The van der Waals surface area contributed by atoms with Crippen molar-refractivity contribution in [1.29, 1.82) is 0 Å². The number of aliphatic hydroxyl groups is 1. The Kier molecular flexibility index (Phi) is 5.55. The zero-order valence-electron chi connectivity index (χ0n) is 18.6. The molecule has 0 bridgehead atoms. The topological polar surface area (TPSA) is 88.2 Å². The van der Waals surface area contributed by atoms with Crippen molar-refractivity contribution in [2.75, 3.05) is 23.7 Å². The number of fused-ring (bicyclic) bond motifs is 1. The van der Waals surface area contributed by atoms with Gasteiger partial charge in [-0.25, -0.2) is 15.0 Å². The van der Waals surface area contributed by atoms with Crippen molar-refractivity contribution in [3.8, 4) is 0 Å². The number of benzene rings is 1. The number of rotatable bonds is 4. The van der Waals surface area contributed by atoms with Crippen molar-refractivity contribution < 1.29 is 5.11 Å². The van der Waals surface area contributed by atoms with Crippen molar-refractivity contribution >= 4 is 23.4 Å². The lowest BCUT2D eigenvalue weighted by Crippen LogP contribution is -2.41. The van der Waals surface area contributed by atoms with E-state index >= 15 is 0 Å². The maximum absolute atomic E-state index is 10.1. The second kappa shape index (κ2) is 8.37. The van der Waals surface area contributed by atoms with Gasteiger partial charge >= 0.3 is 0 Å². The smallest absolute Gasteiger partial charge is 0.153 e. The summed E-state index contributed by atoms with van der Waals surface area (Å²) in [5.74, 6) is 1.35. The fraction of sp³-hybridized carbons (Fsp3) is 0.400. The SMILES string of the molecule is Cc1nc(N2CCC3(CC2)Cc2ccccc2C3)c(CO)nc1Sc1ccnc(N)c1C. The lowest BCUT2D eigenvalue weighted by atomic mass is 9.76. The second-order valence-electron chi connectivity index (χ2n) is 9.07. The van der Waals surface area contributed by atoms with Crippen LogP contribution in [0, 0.1) is 19.3 Å². The molecule has 2 aromatic heterocycles. The lowest BCUT2D eigenvalue weighted by Gasteiger charge is -2.40. The number of aromatic nitrogens is 3. The van der Waals surface area contributed by atoms with E-state index in [4.69, 9.17) is 15.7 Å². The monoisotopic (exact) mass is 447 g/mol. The molecule has 3 N–H and O–H groups in total. The highest BCUT2D eigenvalue weighted by molar-refractivity contribution is 7.99. The number of nitrogens with two attached hydrogens (primary N) is 1. The molecular weight excluding hydrogens is 418 g/mol. The average Bonchev–Trinajstić information content (AvgIpc) is 3.16. The number of nitrogen functional groups attached to an aromatic ring is 1. The van der Waals surface area contributed by atoms with Crippen LogP contribution < -0.4 is 10.6 Å². The standard InChI is InChI=1S/C25H29N5OS/c1-16-21(7-10-27-22(16)26)32-24-17(2)28-23(20(15-31)29-24)30-11-8-25(9-12-30)13-18-5-3-4-6-19(18)14-25/h3-7,10,31H,8-9,11-15H2,1-2H3,(H2,26,27). The molecule has 2 aliphatic rings. The Morgan fingerprint density at radius 2 is 1.75 bits per heavy atom. The zero-order valence-corrected chi connectivity index (χ0v) is 19.5. The van der Waals surface area contributed by atoms with Crippen LogP contribution in [0.4, 0.5) is 11.6 Å². The van der Waals surface area contributed by atoms with Gasteiger partial charge in [0.05, 0.1) is 12.3 Å². The minimum Gasteiger partial charge on any atom is -0.390 e. The first-order valence-electron chi connectivity index (χ1n) is 11.2. The van der Waals surface area contributed by atoms with Crippen molar-refractivity contribution in [2.24, 2.45) is 5.41 Å². The molecule has 6 nitrogen and oxygen atoms in total. The lowest BCUT2D eigenvalue weighted by molar-refractivity contribution is 0.230. The molecule has 1 aliphatic heterocycles. The molecule has 0 saturated carbocycles. The Morgan fingerprint density at radius 1 is 1.06 bits per heavy atom. The van der Waals surface area contributed by atoms with E-state index in [1.807, 2.05) is 19.9 Å². The summed E-state index contributed by atoms with van der Waals surface area (Å²) < 4.78 is 0. The highest BCUT2D eigenvalue weighted by Crippen LogP contribution is 2.45. The molecule has 1 fully saturated rings. The molecule has 7 heteroatoms. The Balaban J connectivity index is 1.35. The maximum atomic E-state index is 10.1. The van der Waals surface area contributed by atoms with Gasteiger partial charge in [-0.3, -0.25) is 0 Å². The van der Waals surface area contributed by atoms with Gasteiger partial charge < -0.3 is 15.7 Å². The highest BCUT2D eigenvalue weighted by atomic mass is 32.2. The van der Waals surface area contributed by atoms with Gasteiger partial charge in [0.1, 0.15) is 16.5 Å². The third-order valence-electron chi connectivity index (χ3n) is 7.00. The summed E-state index contributed by atoms with van der Waals surface area (Å²) in [7, 11) is 0. The van der Waals surface area contributed by atoms with Gasteiger partial charge in [-0.15, -0.1) is 0 Å². The number of anilines is 2. The van der Waals surface area contributed by atoms with Crippen molar-refractivity contribution in [3.05, 3.63) is 64.6 Å². The van der Waals surface area contributed by atoms with Gasteiger partial charge in [-0.1, -0.05) is 36.0 Å². The van der Waals surface area contributed by atoms with Gasteiger partial charge in [0.15, 0.2) is 5.82 Å². The highest BCUT2D eigenvalue weighted by Gasteiger charge is 2.40. The summed E-state index contributed by atoms with van der Waals surface area (Å²) in [4.78, 5) is 17.2. The van der Waals surface area contributed by atoms with Crippen LogP contribution >= 0.6 is 11.8 Å². The Hall–Kier alpha value is -2.64.